The van der Waals surface area contributed by atoms with Crippen molar-refractivity contribution in [2.75, 3.05) is 32.6 Å². The maximum atomic E-state index is 14.1. The van der Waals surface area contributed by atoms with Crippen molar-refractivity contribution in [2.24, 2.45) is 5.41 Å². The standard InChI is InChI=1S/C29H29ClN6O5/c1-40-21-10-22(25(30)24(11-21)41-2)23-9-18-14-32-28(33-19-12-29(13-19)15-31-16-29)34-26(18)35(27(23)37)8-7-17-3-5-20(6-4-17)36(38)39/h3-6,9-11,14,19,31H,7-8,12-13,15-16H2,1-2H3,(H,32,33,34). The summed E-state index contributed by atoms with van der Waals surface area (Å²) in [6.07, 6.45) is 4.28. The number of aryl methyl sites for hydroxylation is 2. The number of fused-ring (bicyclic) bond motifs is 1. The number of rotatable bonds is 9. The molecule has 2 aliphatic rings. The van der Waals surface area contributed by atoms with Crippen LogP contribution >= 0.6 is 11.6 Å². The van der Waals surface area contributed by atoms with Crippen molar-refractivity contribution >= 4 is 34.3 Å². The second kappa shape index (κ2) is 10.6. The maximum Gasteiger partial charge on any atom is 0.269 e. The van der Waals surface area contributed by atoms with Crippen molar-refractivity contribution in [1.29, 1.82) is 0 Å². The molecule has 3 heterocycles. The lowest BCUT2D eigenvalue weighted by atomic mass is 9.62. The lowest BCUT2D eigenvalue weighted by Crippen LogP contribution is -2.63. The average Bonchev–Trinajstić information content (AvgIpc) is 2.93. The van der Waals surface area contributed by atoms with Crippen molar-refractivity contribution in [3.8, 4) is 22.6 Å². The quantitative estimate of drug-likeness (QED) is 0.219. The van der Waals surface area contributed by atoms with Gasteiger partial charge in [0.05, 0.1) is 24.2 Å². The van der Waals surface area contributed by atoms with Gasteiger partial charge in [-0.3, -0.25) is 19.5 Å². The Hall–Kier alpha value is -4.22. The number of halogens is 1. The average molecular weight is 577 g/mol. The van der Waals surface area contributed by atoms with Gasteiger partial charge in [-0.1, -0.05) is 23.7 Å². The first-order valence-electron chi connectivity index (χ1n) is 13.3. The van der Waals surface area contributed by atoms with Crippen molar-refractivity contribution in [1.82, 2.24) is 19.9 Å². The molecule has 4 aromatic rings. The van der Waals surface area contributed by atoms with Gasteiger partial charge in [0.1, 0.15) is 17.1 Å². The number of nitro benzene ring substituents is 1. The molecule has 2 fully saturated rings. The van der Waals surface area contributed by atoms with Crippen molar-refractivity contribution in [3.05, 3.63) is 79.7 Å². The first-order valence-corrected chi connectivity index (χ1v) is 13.7. The summed E-state index contributed by atoms with van der Waals surface area (Å²) in [4.78, 5) is 34.1. The molecular formula is C29H29ClN6O5. The molecule has 0 amide bonds. The Morgan fingerprint density at radius 2 is 1.90 bits per heavy atom. The largest absolute Gasteiger partial charge is 0.497 e. The van der Waals surface area contributed by atoms with Crippen LogP contribution in [0.2, 0.25) is 5.02 Å². The van der Waals surface area contributed by atoms with E-state index < -0.39 is 4.92 Å². The predicted molar refractivity (Wildman–Crippen MR) is 156 cm³/mol. The van der Waals surface area contributed by atoms with E-state index in [4.69, 9.17) is 26.1 Å². The maximum absolute atomic E-state index is 14.1. The molecule has 11 nitrogen and oxygen atoms in total. The van der Waals surface area contributed by atoms with E-state index in [1.807, 2.05) is 0 Å². The number of nitro groups is 1. The summed E-state index contributed by atoms with van der Waals surface area (Å²) in [6.45, 7) is 2.38. The SMILES string of the molecule is COc1cc(OC)c(Cl)c(-c2cc3cnc(NC4CC5(CNC5)C4)nc3n(CCc3ccc([N+](=O)[O-])cc3)c2=O)c1. The highest BCUT2D eigenvalue weighted by atomic mass is 35.5. The molecule has 212 valence electrons. The second-order valence-electron chi connectivity index (χ2n) is 10.7. The van der Waals surface area contributed by atoms with Crippen LogP contribution in [0, 0.1) is 15.5 Å². The van der Waals surface area contributed by atoms with E-state index in [0.717, 1.165) is 31.5 Å². The van der Waals surface area contributed by atoms with Crippen LogP contribution in [-0.4, -0.2) is 52.8 Å². The van der Waals surface area contributed by atoms with Crippen LogP contribution in [0.5, 0.6) is 11.5 Å². The number of hydrogen-bond donors (Lipinski definition) is 2. The van der Waals surface area contributed by atoms with E-state index in [1.165, 1.54) is 26.4 Å². The van der Waals surface area contributed by atoms with Gasteiger partial charge in [-0.2, -0.15) is 4.98 Å². The van der Waals surface area contributed by atoms with Crippen LogP contribution < -0.4 is 25.7 Å². The zero-order chi connectivity index (χ0) is 28.7. The number of anilines is 1. The summed E-state index contributed by atoms with van der Waals surface area (Å²) >= 11 is 6.68. The summed E-state index contributed by atoms with van der Waals surface area (Å²) in [7, 11) is 3.03. The molecule has 41 heavy (non-hydrogen) atoms. The second-order valence-corrected chi connectivity index (χ2v) is 11.1. The minimum atomic E-state index is -0.436. The molecular weight excluding hydrogens is 548 g/mol. The molecule has 0 bridgehead atoms. The van der Waals surface area contributed by atoms with E-state index >= 15 is 0 Å². The summed E-state index contributed by atoms with van der Waals surface area (Å²) in [6, 6.07) is 11.7. The zero-order valence-corrected chi connectivity index (χ0v) is 23.4. The summed E-state index contributed by atoms with van der Waals surface area (Å²) in [5, 5.41) is 18.8. The van der Waals surface area contributed by atoms with Crippen LogP contribution in [0.25, 0.3) is 22.2 Å². The number of hydrogen-bond acceptors (Lipinski definition) is 9. The Kier molecular flexibility index (Phi) is 7.00. The van der Waals surface area contributed by atoms with E-state index in [1.54, 1.807) is 41.1 Å². The fraction of sp³-hybridized carbons (Fsp3) is 0.345. The highest BCUT2D eigenvalue weighted by Crippen LogP contribution is 2.45. The summed E-state index contributed by atoms with van der Waals surface area (Å²) in [5.74, 6) is 1.35. The lowest BCUT2D eigenvalue weighted by molar-refractivity contribution is -0.384. The third-order valence-electron chi connectivity index (χ3n) is 8.05. The van der Waals surface area contributed by atoms with Crippen molar-refractivity contribution < 1.29 is 14.4 Å². The molecule has 1 aliphatic carbocycles. The number of ether oxygens (including phenoxy) is 2. The van der Waals surface area contributed by atoms with Crippen LogP contribution in [0.1, 0.15) is 18.4 Å². The van der Waals surface area contributed by atoms with Crippen molar-refractivity contribution in [3.63, 3.8) is 0 Å². The van der Waals surface area contributed by atoms with Crippen LogP contribution in [0.15, 0.2) is 53.5 Å². The van der Waals surface area contributed by atoms with Crippen LogP contribution in [0.3, 0.4) is 0 Å². The normalized spacial score (nSPS) is 15.8. The number of nitrogens with zero attached hydrogens (tertiary/aromatic N) is 4. The molecule has 12 heteroatoms. The van der Waals surface area contributed by atoms with E-state index in [-0.39, 0.29) is 28.9 Å². The molecule has 1 saturated carbocycles. The third-order valence-corrected chi connectivity index (χ3v) is 8.44. The molecule has 6 rings (SSSR count). The first kappa shape index (κ1) is 27.0. The van der Waals surface area contributed by atoms with Crippen LogP contribution in [-0.2, 0) is 13.0 Å². The number of methoxy groups -OCH3 is 2. The number of benzene rings is 2. The molecule has 0 atom stereocenters. The fourth-order valence-corrected chi connectivity index (χ4v) is 6.01. The first-order chi connectivity index (χ1) is 19.8. The molecule has 2 N–H and O–H groups in total. The number of pyridine rings is 1. The Bertz CT molecular complexity index is 1700. The fourth-order valence-electron chi connectivity index (χ4n) is 5.73. The minimum absolute atomic E-state index is 0.0129. The Morgan fingerprint density at radius 3 is 2.54 bits per heavy atom. The smallest absolute Gasteiger partial charge is 0.269 e. The predicted octanol–water partition coefficient (Wildman–Crippen LogP) is 4.44. The molecule has 1 aliphatic heterocycles. The molecule has 0 radical (unpaired) electrons. The van der Waals surface area contributed by atoms with E-state index in [2.05, 4.69) is 15.6 Å². The molecule has 1 spiro atoms. The molecule has 1 saturated heterocycles. The van der Waals surface area contributed by atoms with Gasteiger partial charge in [-0.25, -0.2) is 4.98 Å². The van der Waals surface area contributed by atoms with Gasteiger partial charge in [-0.05, 0) is 42.4 Å². The Balaban J connectivity index is 1.40. The van der Waals surface area contributed by atoms with Gasteiger partial charge >= 0.3 is 0 Å². The zero-order valence-electron chi connectivity index (χ0n) is 22.6. The molecule has 2 aromatic carbocycles. The highest BCUT2D eigenvalue weighted by Gasteiger charge is 2.48. The van der Waals surface area contributed by atoms with Crippen LogP contribution in [0.4, 0.5) is 11.6 Å². The highest BCUT2D eigenvalue weighted by molar-refractivity contribution is 6.35. The number of aromatic nitrogens is 3. The Labute approximate surface area is 240 Å². The van der Waals surface area contributed by atoms with Gasteiger partial charge < -0.3 is 20.1 Å². The summed E-state index contributed by atoms with van der Waals surface area (Å²) < 4.78 is 12.5. The monoisotopic (exact) mass is 576 g/mol. The van der Waals surface area contributed by atoms with Gasteiger partial charge in [0.25, 0.3) is 11.2 Å². The summed E-state index contributed by atoms with van der Waals surface area (Å²) in [5.41, 5.74) is 2.28. The third kappa shape index (κ3) is 5.07. The van der Waals surface area contributed by atoms with Gasteiger partial charge in [0, 0.05) is 66.6 Å². The molecule has 2 aromatic heterocycles. The lowest BCUT2D eigenvalue weighted by Gasteiger charge is -2.54. The minimum Gasteiger partial charge on any atom is -0.497 e. The van der Waals surface area contributed by atoms with E-state index in [9.17, 15) is 14.9 Å². The van der Waals surface area contributed by atoms with E-state index in [0.29, 0.717) is 51.4 Å². The molecule has 0 unspecified atom stereocenters. The van der Waals surface area contributed by atoms with Gasteiger partial charge in [-0.15, -0.1) is 0 Å². The Morgan fingerprint density at radius 1 is 1.15 bits per heavy atom. The number of non-ortho nitro benzene ring substituents is 1. The van der Waals surface area contributed by atoms with Crippen molar-refractivity contribution in [2.45, 2.75) is 31.8 Å². The number of nitrogens with one attached hydrogen (secondary N) is 2. The van der Waals surface area contributed by atoms with Gasteiger partial charge in [0.2, 0.25) is 5.95 Å². The topological polar surface area (TPSA) is 133 Å². The van der Waals surface area contributed by atoms with Gasteiger partial charge in [0.15, 0.2) is 0 Å².